The Balaban J connectivity index is 1.69. The highest BCUT2D eigenvalue weighted by molar-refractivity contribution is 6.01. The fraction of sp³-hybridized carbons (Fsp3) is 0.526. The van der Waals surface area contributed by atoms with Crippen LogP contribution in [-0.4, -0.2) is 16.6 Å². The fourth-order valence-electron chi connectivity index (χ4n) is 4.24. The molecule has 124 valence electrons. The van der Waals surface area contributed by atoms with Gasteiger partial charge in [-0.3, -0.25) is 0 Å². The highest BCUT2D eigenvalue weighted by Crippen LogP contribution is 2.38. The Morgan fingerprint density at radius 1 is 1.26 bits per heavy atom. The lowest BCUT2D eigenvalue weighted by molar-refractivity contribution is 0.154. The van der Waals surface area contributed by atoms with Gasteiger partial charge in [-0.05, 0) is 36.7 Å². The second kappa shape index (κ2) is 5.91. The number of urea groups is 1. The van der Waals surface area contributed by atoms with E-state index in [0.29, 0.717) is 11.3 Å². The number of fused-ring (bicyclic) bond motifs is 1. The van der Waals surface area contributed by atoms with E-state index in [-0.39, 0.29) is 12.1 Å². The quantitative estimate of drug-likeness (QED) is 0.841. The molecule has 0 spiro atoms. The number of hydrogen-bond acceptors (Lipinski definition) is 1. The van der Waals surface area contributed by atoms with Crippen molar-refractivity contribution in [3.63, 3.8) is 0 Å². The van der Waals surface area contributed by atoms with Gasteiger partial charge in [0.25, 0.3) is 0 Å². The SMILES string of the molecule is CC1CC(NC(=O)Nc2cn(C)c3ccccc23)CC(C)(C)C1. The lowest BCUT2D eigenvalue weighted by atomic mass is 9.71. The number of carbonyl (C=O) groups excluding carboxylic acids is 1. The zero-order valence-corrected chi connectivity index (χ0v) is 14.5. The Morgan fingerprint density at radius 3 is 2.74 bits per heavy atom. The molecule has 1 aliphatic rings. The summed E-state index contributed by atoms with van der Waals surface area (Å²) in [6.45, 7) is 6.86. The van der Waals surface area contributed by atoms with E-state index in [2.05, 4.69) is 37.5 Å². The Bertz CT molecular complexity index is 716. The molecule has 2 unspecified atom stereocenters. The van der Waals surface area contributed by atoms with E-state index >= 15 is 0 Å². The zero-order valence-electron chi connectivity index (χ0n) is 14.5. The molecule has 2 atom stereocenters. The van der Waals surface area contributed by atoms with Crippen LogP contribution >= 0.6 is 0 Å². The standard InChI is InChI=1S/C19H27N3O/c1-13-9-14(11-19(2,3)10-13)20-18(23)21-16-12-22(4)17-8-6-5-7-15(16)17/h5-8,12-14H,9-11H2,1-4H3,(H2,20,21,23). The molecule has 1 fully saturated rings. The molecular formula is C19H27N3O. The van der Waals surface area contributed by atoms with E-state index in [0.717, 1.165) is 29.4 Å². The zero-order chi connectivity index (χ0) is 16.6. The van der Waals surface area contributed by atoms with Crippen LogP contribution in [0.5, 0.6) is 0 Å². The number of nitrogens with zero attached hydrogens (tertiary/aromatic N) is 1. The number of anilines is 1. The summed E-state index contributed by atoms with van der Waals surface area (Å²) < 4.78 is 2.04. The van der Waals surface area contributed by atoms with Gasteiger partial charge in [0.2, 0.25) is 0 Å². The summed E-state index contributed by atoms with van der Waals surface area (Å²) in [7, 11) is 2.00. The number of para-hydroxylation sites is 1. The first-order chi connectivity index (χ1) is 10.8. The third-order valence-electron chi connectivity index (χ3n) is 4.87. The second-order valence-corrected chi connectivity index (χ2v) is 7.88. The van der Waals surface area contributed by atoms with Gasteiger partial charge in [-0.15, -0.1) is 0 Å². The molecule has 4 heteroatoms. The van der Waals surface area contributed by atoms with Gasteiger partial charge in [0.05, 0.1) is 5.69 Å². The fourth-order valence-corrected chi connectivity index (χ4v) is 4.24. The largest absolute Gasteiger partial charge is 0.348 e. The van der Waals surface area contributed by atoms with Gasteiger partial charge in [-0.25, -0.2) is 4.79 Å². The van der Waals surface area contributed by atoms with Crippen molar-refractivity contribution < 1.29 is 4.79 Å². The number of benzene rings is 1. The van der Waals surface area contributed by atoms with Gasteiger partial charge in [0, 0.05) is 30.2 Å². The summed E-state index contributed by atoms with van der Waals surface area (Å²) in [5.74, 6) is 0.654. The molecule has 0 radical (unpaired) electrons. The van der Waals surface area contributed by atoms with E-state index < -0.39 is 0 Å². The van der Waals surface area contributed by atoms with Crippen LogP contribution in [-0.2, 0) is 7.05 Å². The van der Waals surface area contributed by atoms with Crippen LogP contribution in [0, 0.1) is 11.3 Å². The van der Waals surface area contributed by atoms with Crippen molar-refractivity contribution in [2.75, 3.05) is 5.32 Å². The predicted molar refractivity (Wildman–Crippen MR) is 95.7 cm³/mol. The summed E-state index contributed by atoms with van der Waals surface area (Å²) in [5, 5.41) is 7.26. The van der Waals surface area contributed by atoms with E-state index in [4.69, 9.17) is 0 Å². The van der Waals surface area contributed by atoms with E-state index in [9.17, 15) is 4.79 Å². The number of rotatable bonds is 2. The minimum atomic E-state index is -0.101. The van der Waals surface area contributed by atoms with Crippen molar-refractivity contribution in [1.29, 1.82) is 0 Å². The van der Waals surface area contributed by atoms with E-state index in [1.165, 1.54) is 6.42 Å². The van der Waals surface area contributed by atoms with Crippen LogP contribution in [0.25, 0.3) is 10.9 Å². The van der Waals surface area contributed by atoms with Crippen molar-refractivity contribution in [3.05, 3.63) is 30.5 Å². The normalized spacial score (nSPS) is 23.7. The summed E-state index contributed by atoms with van der Waals surface area (Å²) in [5.41, 5.74) is 2.29. The number of aryl methyl sites for hydroxylation is 1. The van der Waals surface area contributed by atoms with E-state index in [1.54, 1.807) is 0 Å². The average Bonchev–Trinajstić information content (AvgIpc) is 2.73. The summed E-state index contributed by atoms with van der Waals surface area (Å²) >= 11 is 0. The number of amides is 2. The highest BCUT2D eigenvalue weighted by Gasteiger charge is 2.32. The molecule has 0 saturated heterocycles. The monoisotopic (exact) mass is 313 g/mol. The van der Waals surface area contributed by atoms with Gasteiger partial charge in [0.15, 0.2) is 0 Å². The van der Waals surface area contributed by atoms with Crippen LogP contribution in [0.4, 0.5) is 10.5 Å². The number of hydrogen-bond donors (Lipinski definition) is 2. The van der Waals surface area contributed by atoms with Crippen LogP contribution in [0.2, 0.25) is 0 Å². The molecule has 2 amide bonds. The van der Waals surface area contributed by atoms with Crippen LogP contribution in [0.15, 0.2) is 30.5 Å². The Kier molecular flexibility index (Phi) is 4.09. The summed E-state index contributed by atoms with van der Waals surface area (Å²) in [6.07, 6.45) is 5.31. The topological polar surface area (TPSA) is 46.1 Å². The third-order valence-corrected chi connectivity index (χ3v) is 4.87. The Hall–Kier alpha value is -1.97. The maximum Gasteiger partial charge on any atom is 0.319 e. The molecule has 1 heterocycles. The van der Waals surface area contributed by atoms with Crippen LogP contribution in [0.1, 0.15) is 40.0 Å². The molecular weight excluding hydrogens is 286 g/mol. The van der Waals surface area contributed by atoms with Crippen molar-refractivity contribution in [3.8, 4) is 0 Å². The molecule has 2 N–H and O–H groups in total. The van der Waals surface area contributed by atoms with Crippen LogP contribution in [0.3, 0.4) is 0 Å². The smallest absolute Gasteiger partial charge is 0.319 e. The Labute approximate surface area is 138 Å². The van der Waals surface area contributed by atoms with Gasteiger partial charge >= 0.3 is 6.03 Å². The van der Waals surface area contributed by atoms with Crippen molar-refractivity contribution in [1.82, 2.24) is 9.88 Å². The molecule has 0 bridgehead atoms. The first-order valence-electron chi connectivity index (χ1n) is 8.46. The Morgan fingerprint density at radius 2 is 2.00 bits per heavy atom. The number of nitrogens with one attached hydrogen (secondary N) is 2. The molecule has 1 aromatic heterocycles. The number of carbonyl (C=O) groups is 1. The second-order valence-electron chi connectivity index (χ2n) is 7.88. The van der Waals surface area contributed by atoms with E-state index in [1.807, 2.05) is 36.0 Å². The van der Waals surface area contributed by atoms with Gasteiger partial charge < -0.3 is 15.2 Å². The van der Waals surface area contributed by atoms with Crippen LogP contribution < -0.4 is 10.6 Å². The van der Waals surface area contributed by atoms with Crippen molar-refractivity contribution in [2.24, 2.45) is 18.4 Å². The van der Waals surface area contributed by atoms with Crippen molar-refractivity contribution in [2.45, 2.75) is 46.1 Å². The average molecular weight is 313 g/mol. The first-order valence-corrected chi connectivity index (χ1v) is 8.46. The molecule has 23 heavy (non-hydrogen) atoms. The lowest BCUT2D eigenvalue weighted by Gasteiger charge is -2.39. The summed E-state index contributed by atoms with van der Waals surface area (Å²) in [6, 6.07) is 8.26. The molecule has 3 rings (SSSR count). The molecule has 1 aromatic carbocycles. The first kappa shape index (κ1) is 15.9. The van der Waals surface area contributed by atoms with Gasteiger partial charge in [-0.1, -0.05) is 39.0 Å². The molecule has 4 nitrogen and oxygen atoms in total. The molecule has 1 saturated carbocycles. The van der Waals surface area contributed by atoms with Gasteiger partial charge in [0.1, 0.15) is 0 Å². The molecule has 2 aromatic rings. The maximum absolute atomic E-state index is 12.4. The molecule has 0 aliphatic heterocycles. The highest BCUT2D eigenvalue weighted by atomic mass is 16.2. The minimum Gasteiger partial charge on any atom is -0.348 e. The maximum atomic E-state index is 12.4. The predicted octanol–water partition coefficient (Wildman–Crippen LogP) is 4.51. The van der Waals surface area contributed by atoms with Crippen molar-refractivity contribution >= 4 is 22.6 Å². The summed E-state index contributed by atoms with van der Waals surface area (Å²) in [4.78, 5) is 12.4. The lowest BCUT2D eigenvalue weighted by Crippen LogP contribution is -2.44. The number of aromatic nitrogens is 1. The minimum absolute atomic E-state index is 0.101. The molecule has 1 aliphatic carbocycles. The van der Waals surface area contributed by atoms with Gasteiger partial charge in [-0.2, -0.15) is 0 Å². The third kappa shape index (κ3) is 3.52.